The van der Waals surface area contributed by atoms with E-state index < -0.39 is 0 Å². The molecule has 110 valence electrons. The molecule has 8 nitrogen and oxygen atoms in total. The van der Waals surface area contributed by atoms with E-state index >= 15 is 0 Å². The van der Waals surface area contributed by atoms with Crippen molar-refractivity contribution in [2.24, 2.45) is 11.7 Å². The van der Waals surface area contributed by atoms with E-state index in [-0.39, 0.29) is 0 Å². The van der Waals surface area contributed by atoms with E-state index in [9.17, 15) is 0 Å². The van der Waals surface area contributed by atoms with Gasteiger partial charge in [0.1, 0.15) is 0 Å². The molecule has 0 aromatic rings. The molecule has 0 aliphatic heterocycles. The van der Waals surface area contributed by atoms with Crippen LogP contribution in [0.25, 0.3) is 0 Å². The second kappa shape index (κ2) is 24.8. The van der Waals surface area contributed by atoms with Gasteiger partial charge in [-0.15, -0.1) is 0 Å². The van der Waals surface area contributed by atoms with E-state index in [1.807, 2.05) is 78.5 Å². The van der Waals surface area contributed by atoms with Crippen LogP contribution < -0.4 is 28.0 Å². The average Bonchev–Trinajstić information content (AvgIpc) is 2.32. The molecule has 0 radical (unpaired) electrons. The molecule has 0 aliphatic carbocycles. The summed E-state index contributed by atoms with van der Waals surface area (Å²) < 4.78 is 0. The predicted octanol–water partition coefficient (Wildman–Crippen LogP) is -2.13. The second-order valence-electron chi connectivity index (χ2n) is 3.35. The van der Waals surface area contributed by atoms with Crippen LogP contribution in [0.4, 0.5) is 0 Å². The molecule has 17 heavy (non-hydrogen) atoms. The zero-order valence-corrected chi connectivity index (χ0v) is 13.0. The first-order chi connectivity index (χ1) is 7.81. The first kappa shape index (κ1) is 25.5. The number of hydrazine groups is 4. The van der Waals surface area contributed by atoms with Crippen LogP contribution in [0.1, 0.15) is 0 Å². The lowest BCUT2D eigenvalue weighted by Crippen LogP contribution is -2.25. The molecule has 8 heteroatoms. The van der Waals surface area contributed by atoms with Gasteiger partial charge in [0.05, 0.1) is 0 Å². The molecule has 0 atom stereocenters. The molecular weight excluding hydrogens is 220 g/mol. The maximum atomic E-state index is 4.00. The third kappa shape index (κ3) is 91.0. The second-order valence-corrected chi connectivity index (χ2v) is 3.35. The summed E-state index contributed by atoms with van der Waals surface area (Å²) in [4.78, 5) is 0. The smallest absolute Gasteiger partial charge is 0.00128 e. The normalized spacial score (nSPS) is 8.82. The van der Waals surface area contributed by atoms with E-state index in [1.54, 1.807) is 0 Å². The van der Waals surface area contributed by atoms with E-state index in [2.05, 4.69) is 28.0 Å². The van der Waals surface area contributed by atoms with Gasteiger partial charge in [-0.2, -0.15) is 0 Å². The number of hydrogen-bond acceptors (Lipinski definition) is 8. The molecule has 7 N–H and O–H groups in total. The molecule has 0 heterocycles. The highest BCUT2D eigenvalue weighted by Crippen LogP contribution is 1.50. The number of rotatable bonds is 3. The largest absolute Gasteiger partial charge is 0.274 e. The number of nitrogens with two attached hydrogens (primary N) is 2. The molecule has 0 bridgehead atoms. The maximum Gasteiger partial charge on any atom is 0.00128 e. The quantitative estimate of drug-likeness (QED) is 0.288. The molecule has 0 aliphatic rings. The van der Waals surface area contributed by atoms with Gasteiger partial charge in [-0.3, -0.25) is 43.0 Å². The highest BCUT2D eigenvalue weighted by atomic mass is 15.5. The molecule has 0 aromatic carbocycles. The van der Waals surface area contributed by atoms with Crippen LogP contribution in [-0.4, -0.2) is 78.5 Å². The lowest BCUT2D eigenvalue weighted by atomic mass is 11.1. The Kier molecular flexibility index (Phi) is 37.2. The Balaban J connectivity index is -0.0000000693. The summed E-state index contributed by atoms with van der Waals surface area (Å²) in [5.74, 6) is 8.00. The van der Waals surface area contributed by atoms with Gasteiger partial charge < -0.3 is 0 Å². The van der Waals surface area contributed by atoms with Crippen LogP contribution >= 0.6 is 0 Å². The predicted molar refractivity (Wildman–Crippen MR) is 76.6 cm³/mol. The minimum atomic E-state index is 1.88. The Morgan fingerprint density at radius 3 is 0.588 bits per heavy atom. The summed E-state index contributed by atoms with van der Waals surface area (Å²) in [5, 5.41) is 5.62. The van der Waals surface area contributed by atoms with Crippen LogP contribution in [0, 0.1) is 0 Å². The first-order valence-electron chi connectivity index (χ1n) is 5.19. The minimum absolute atomic E-state index is 1.88. The molecule has 0 saturated carbocycles. The van der Waals surface area contributed by atoms with Gasteiger partial charge in [-0.1, -0.05) is 0 Å². The van der Waals surface area contributed by atoms with Crippen LogP contribution in [0.15, 0.2) is 0 Å². The number of nitrogens with one attached hydrogen (secondary N) is 3. The van der Waals surface area contributed by atoms with Crippen molar-refractivity contribution in [1.82, 2.24) is 31.3 Å². The summed E-state index contributed by atoms with van der Waals surface area (Å²) >= 11 is 0. The fourth-order valence-corrected chi connectivity index (χ4v) is 0. The lowest BCUT2D eigenvalue weighted by Gasteiger charge is -2.02. The zero-order chi connectivity index (χ0) is 14.9. The van der Waals surface area contributed by atoms with Gasteiger partial charge in [-0.05, 0) is 21.1 Å². The molecule has 0 saturated heterocycles. The van der Waals surface area contributed by atoms with E-state index in [0.717, 1.165) is 0 Å². The van der Waals surface area contributed by atoms with Crippen LogP contribution in [0.2, 0.25) is 0 Å². The topological polar surface area (TPSA) is 97.8 Å². The molecular formula is C9H34N8. The van der Waals surface area contributed by atoms with Gasteiger partial charge in [0.2, 0.25) is 0 Å². The fourth-order valence-electron chi connectivity index (χ4n) is 0. The van der Waals surface area contributed by atoms with Crippen molar-refractivity contribution in [2.45, 2.75) is 0 Å². The fraction of sp³-hybridized carbons (Fsp3) is 1.00. The van der Waals surface area contributed by atoms with Crippen molar-refractivity contribution in [2.75, 3.05) is 63.4 Å². The Labute approximate surface area is 107 Å². The van der Waals surface area contributed by atoms with Gasteiger partial charge >= 0.3 is 0 Å². The van der Waals surface area contributed by atoms with E-state index in [0.29, 0.717) is 0 Å². The highest BCUT2D eigenvalue weighted by molar-refractivity contribution is 4.13. The summed E-state index contributed by atoms with van der Waals surface area (Å²) in [6.07, 6.45) is 0. The lowest BCUT2D eigenvalue weighted by molar-refractivity contribution is 0.323. The zero-order valence-electron chi connectivity index (χ0n) is 13.0. The van der Waals surface area contributed by atoms with Crippen LogP contribution in [-0.2, 0) is 0 Å². The Bertz CT molecular complexity index is 78.0. The standard InChI is InChI=1S/3C3H10N2.H4N2/c3*1-4-5(2)3;1-2/h3*4H,1-3H3;1-2H2. The molecule has 0 amide bonds. The van der Waals surface area contributed by atoms with Crippen molar-refractivity contribution >= 4 is 0 Å². The molecule has 0 spiro atoms. The summed E-state index contributed by atoms with van der Waals surface area (Å²) in [5.41, 5.74) is 8.58. The first-order valence-corrected chi connectivity index (χ1v) is 5.19. The SMILES string of the molecule is CNN(C)C.CNN(C)C.CNN(C)C.NN. The third-order valence-electron chi connectivity index (χ3n) is 1.34. The molecule has 0 rings (SSSR count). The molecule has 0 unspecified atom stereocenters. The molecule has 0 fully saturated rings. The average molecular weight is 254 g/mol. The minimum Gasteiger partial charge on any atom is -0.274 e. The summed E-state index contributed by atoms with van der Waals surface area (Å²) in [7, 11) is 17.3. The monoisotopic (exact) mass is 254 g/mol. The Morgan fingerprint density at radius 1 is 0.529 bits per heavy atom. The van der Waals surface area contributed by atoms with Crippen molar-refractivity contribution in [3.8, 4) is 0 Å². The van der Waals surface area contributed by atoms with Crippen molar-refractivity contribution in [1.29, 1.82) is 0 Å². The summed E-state index contributed by atoms with van der Waals surface area (Å²) in [6, 6.07) is 0. The van der Waals surface area contributed by atoms with E-state index in [4.69, 9.17) is 0 Å². The van der Waals surface area contributed by atoms with Gasteiger partial charge in [-0.25, -0.2) is 0 Å². The van der Waals surface area contributed by atoms with Gasteiger partial charge in [0, 0.05) is 42.3 Å². The molecule has 0 aromatic heterocycles. The maximum absolute atomic E-state index is 4.00. The van der Waals surface area contributed by atoms with Gasteiger partial charge in [0.15, 0.2) is 0 Å². The number of nitrogens with zero attached hydrogens (tertiary/aromatic N) is 3. The Hall–Kier alpha value is -0.320. The van der Waals surface area contributed by atoms with E-state index in [1.165, 1.54) is 0 Å². The number of hydrogen-bond donors (Lipinski definition) is 5. The van der Waals surface area contributed by atoms with Crippen LogP contribution in [0.3, 0.4) is 0 Å². The van der Waals surface area contributed by atoms with Crippen molar-refractivity contribution < 1.29 is 0 Å². The van der Waals surface area contributed by atoms with Crippen LogP contribution in [0.5, 0.6) is 0 Å². The van der Waals surface area contributed by atoms with Gasteiger partial charge in [0.25, 0.3) is 0 Å². The summed E-state index contributed by atoms with van der Waals surface area (Å²) in [6.45, 7) is 0. The van der Waals surface area contributed by atoms with Crippen molar-refractivity contribution in [3.63, 3.8) is 0 Å². The Morgan fingerprint density at radius 2 is 0.588 bits per heavy atom. The van der Waals surface area contributed by atoms with Crippen molar-refractivity contribution in [3.05, 3.63) is 0 Å². The highest BCUT2D eigenvalue weighted by Gasteiger charge is 1.69. The third-order valence-corrected chi connectivity index (χ3v) is 1.34.